The zero-order valence-electron chi connectivity index (χ0n) is 12.9. The predicted octanol–water partition coefficient (Wildman–Crippen LogP) is 3.07. The van der Waals surface area contributed by atoms with Gasteiger partial charge in [0.05, 0.1) is 13.7 Å². The largest absolute Gasteiger partial charge is 0.497 e. The van der Waals surface area contributed by atoms with Crippen LogP contribution in [0.1, 0.15) is 38.7 Å². The first-order valence-corrected chi connectivity index (χ1v) is 7.58. The second-order valence-corrected chi connectivity index (χ2v) is 6.36. The number of hydrogen-bond acceptors (Lipinski definition) is 3. The molecule has 0 radical (unpaired) electrons. The van der Waals surface area contributed by atoms with E-state index >= 15 is 0 Å². The lowest BCUT2D eigenvalue weighted by Crippen LogP contribution is -2.47. The van der Waals surface area contributed by atoms with Crippen molar-refractivity contribution in [2.45, 2.75) is 45.2 Å². The number of nitrogens with zero attached hydrogens (tertiary/aromatic N) is 1. The van der Waals surface area contributed by atoms with Crippen LogP contribution in [0.3, 0.4) is 0 Å². The van der Waals surface area contributed by atoms with E-state index in [-0.39, 0.29) is 12.1 Å². The van der Waals surface area contributed by atoms with E-state index in [0.29, 0.717) is 5.92 Å². The Morgan fingerprint density at radius 2 is 2.20 bits per heavy atom. The summed E-state index contributed by atoms with van der Waals surface area (Å²) in [6.45, 7) is 6.70. The van der Waals surface area contributed by atoms with Crippen molar-refractivity contribution >= 4 is 0 Å². The Morgan fingerprint density at radius 3 is 2.85 bits per heavy atom. The van der Waals surface area contributed by atoms with Gasteiger partial charge in [-0.25, -0.2) is 0 Å². The van der Waals surface area contributed by atoms with Gasteiger partial charge < -0.3 is 9.84 Å². The maximum Gasteiger partial charge on any atom is 0.119 e. The van der Waals surface area contributed by atoms with Crippen molar-refractivity contribution in [3.8, 4) is 5.75 Å². The van der Waals surface area contributed by atoms with Gasteiger partial charge in [-0.3, -0.25) is 4.90 Å². The first kappa shape index (κ1) is 15.3. The highest BCUT2D eigenvalue weighted by Gasteiger charge is 2.40. The Hall–Kier alpha value is -1.06. The van der Waals surface area contributed by atoms with Crippen LogP contribution in [0, 0.1) is 5.92 Å². The van der Waals surface area contributed by atoms with Gasteiger partial charge in [0.1, 0.15) is 5.75 Å². The van der Waals surface area contributed by atoms with E-state index in [9.17, 15) is 5.11 Å². The van der Waals surface area contributed by atoms with Crippen LogP contribution in [0.25, 0.3) is 0 Å². The molecule has 0 saturated carbocycles. The average molecular weight is 277 g/mol. The van der Waals surface area contributed by atoms with Crippen LogP contribution in [0.2, 0.25) is 0 Å². The summed E-state index contributed by atoms with van der Waals surface area (Å²) in [7, 11) is 1.70. The highest BCUT2D eigenvalue weighted by Crippen LogP contribution is 2.36. The maximum absolute atomic E-state index is 9.95. The molecule has 20 heavy (non-hydrogen) atoms. The van der Waals surface area contributed by atoms with Crippen molar-refractivity contribution < 1.29 is 9.84 Å². The molecule has 1 atom stereocenters. The molecule has 3 heteroatoms. The topological polar surface area (TPSA) is 32.7 Å². The lowest BCUT2D eigenvalue weighted by molar-refractivity contribution is 0.0409. The van der Waals surface area contributed by atoms with E-state index in [1.165, 1.54) is 12.0 Å². The monoisotopic (exact) mass is 277 g/mol. The average Bonchev–Trinajstić information content (AvgIpc) is 2.81. The molecular weight excluding hydrogens is 250 g/mol. The summed E-state index contributed by atoms with van der Waals surface area (Å²) in [5.41, 5.74) is 1.23. The molecular formula is C17H27NO2. The van der Waals surface area contributed by atoms with Crippen LogP contribution >= 0.6 is 0 Å². The Balaban J connectivity index is 2.13. The van der Waals surface area contributed by atoms with Crippen LogP contribution in [0.15, 0.2) is 24.3 Å². The quantitative estimate of drug-likeness (QED) is 0.867. The molecule has 0 bridgehead atoms. The van der Waals surface area contributed by atoms with Crippen LogP contribution in [-0.2, 0) is 6.54 Å². The van der Waals surface area contributed by atoms with Gasteiger partial charge in [0.15, 0.2) is 0 Å². The SMILES string of the molecule is COc1cccc(CN2CCC[C@]2(CO)CC(C)C)c1. The molecule has 1 fully saturated rings. The van der Waals surface area contributed by atoms with E-state index in [1.807, 2.05) is 12.1 Å². The number of hydrogen-bond donors (Lipinski definition) is 1. The van der Waals surface area contributed by atoms with Crippen LogP contribution < -0.4 is 4.74 Å². The first-order chi connectivity index (χ1) is 9.59. The molecule has 3 nitrogen and oxygen atoms in total. The normalized spacial score (nSPS) is 23.4. The second kappa shape index (κ2) is 6.59. The zero-order chi connectivity index (χ0) is 14.6. The molecule has 112 valence electrons. The van der Waals surface area contributed by atoms with Crippen molar-refractivity contribution in [1.82, 2.24) is 4.90 Å². The van der Waals surface area contributed by atoms with Gasteiger partial charge in [0, 0.05) is 12.1 Å². The molecule has 0 aromatic heterocycles. The molecule has 0 amide bonds. The van der Waals surface area contributed by atoms with Crippen molar-refractivity contribution in [3.05, 3.63) is 29.8 Å². The van der Waals surface area contributed by atoms with Crippen LogP contribution in [0.5, 0.6) is 5.75 Å². The lowest BCUT2D eigenvalue weighted by atomic mass is 9.87. The van der Waals surface area contributed by atoms with E-state index in [2.05, 4.69) is 30.9 Å². The zero-order valence-corrected chi connectivity index (χ0v) is 12.9. The predicted molar refractivity (Wildman–Crippen MR) is 81.9 cm³/mol. The highest BCUT2D eigenvalue weighted by molar-refractivity contribution is 5.28. The van der Waals surface area contributed by atoms with E-state index < -0.39 is 0 Å². The Bertz CT molecular complexity index is 433. The summed E-state index contributed by atoms with van der Waals surface area (Å²) in [4.78, 5) is 2.46. The molecule has 1 aliphatic rings. The Kier molecular flexibility index (Phi) is 5.06. The number of ether oxygens (including phenoxy) is 1. The highest BCUT2D eigenvalue weighted by atomic mass is 16.5. The molecule has 2 rings (SSSR count). The van der Waals surface area contributed by atoms with Gasteiger partial charge in [-0.2, -0.15) is 0 Å². The minimum atomic E-state index is -0.0305. The molecule has 1 aromatic rings. The number of benzene rings is 1. The van der Waals surface area contributed by atoms with E-state index in [0.717, 1.165) is 31.7 Å². The molecule has 1 heterocycles. The van der Waals surface area contributed by atoms with Gasteiger partial charge in [-0.05, 0) is 49.4 Å². The summed E-state index contributed by atoms with van der Waals surface area (Å²) in [5.74, 6) is 1.51. The van der Waals surface area contributed by atoms with Crippen molar-refractivity contribution in [3.63, 3.8) is 0 Å². The summed E-state index contributed by atoms with van der Waals surface area (Å²) in [6.07, 6.45) is 3.34. The third-order valence-corrected chi connectivity index (χ3v) is 4.33. The van der Waals surface area contributed by atoms with Gasteiger partial charge >= 0.3 is 0 Å². The fraction of sp³-hybridized carbons (Fsp3) is 0.647. The number of aliphatic hydroxyl groups excluding tert-OH is 1. The van der Waals surface area contributed by atoms with E-state index in [4.69, 9.17) is 4.74 Å². The smallest absolute Gasteiger partial charge is 0.119 e. The number of rotatable bonds is 6. The number of aliphatic hydroxyl groups is 1. The summed E-state index contributed by atoms with van der Waals surface area (Å²) < 4.78 is 5.29. The maximum atomic E-state index is 9.95. The summed E-state index contributed by atoms with van der Waals surface area (Å²) in [6, 6.07) is 8.24. The Labute approximate surface area is 122 Å². The molecule has 0 aliphatic carbocycles. The van der Waals surface area contributed by atoms with Gasteiger partial charge in [0.2, 0.25) is 0 Å². The van der Waals surface area contributed by atoms with Gasteiger partial charge in [-0.15, -0.1) is 0 Å². The molecule has 1 saturated heterocycles. The van der Waals surface area contributed by atoms with Crippen molar-refractivity contribution in [2.75, 3.05) is 20.3 Å². The summed E-state index contributed by atoms with van der Waals surface area (Å²) >= 11 is 0. The molecule has 0 unspecified atom stereocenters. The molecule has 1 N–H and O–H groups in total. The Morgan fingerprint density at radius 1 is 1.40 bits per heavy atom. The van der Waals surface area contributed by atoms with Crippen LogP contribution in [-0.4, -0.2) is 35.8 Å². The molecule has 1 aliphatic heterocycles. The molecule has 0 spiro atoms. The fourth-order valence-electron chi connectivity index (χ4n) is 3.47. The molecule has 1 aromatic carbocycles. The van der Waals surface area contributed by atoms with Gasteiger partial charge in [0.25, 0.3) is 0 Å². The lowest BCUT2D eigenvalue weighted by Gasteiger charge is -2.38. The minimum absolute atomic E-state index is 0.0305. The minimum Gasteiger partial charge on any atom is -0.497 e. The summed E-state index contributed by atoms with van der Waals surface area (Å²) in [5, 5.41) is 9.95. The third-order valence-electron chi connectivity index (χ3n) is 4.33. The number of likely N-dealkylation sites (tertiary alicyclic amines) is 1. The van der Waals surface area contributed by atoms with Gasteiger partial charge in [-0.1, -0.05) is 26.0 Å². The third kappa shape index (κ3) is 3.33. The fourth-order valence-corrected chi connectivity index (χ4v) is 3.47. The van der Waals surface area contributed by atoms with Crippen LogP contribution in [0.4, 0.5) is 0 Å². The van der Waals surface area contributed by atoms with E-state index in [1.54, 1.807) is 7.11 Å². The second-order valence-electron chi connectivity index (χ2n) is 6.36. The van der Waals surface area contributed by atoms with Crippen molar-refractivity contribution in [2.24, 2.45) is 5.92 Å². The number of methoxy groups -OCH3 is 1. The van der Waals surface area contributed by atoms with Crippen molar-refractivity contribution in [1.29, 1.82) is 0 Å². The first-order valence-electron chi connectivity index (χ1n) is 7.58. The standard InChI is InChI=1S/C17H27NO2/c1-14(2)11-17(13-19)8-5-9-18(17)12-15-6-4-7-16(10-15)20-3/h4,6-7,10,14,19H,5,8-9,11-13H2,1-3H3/t17-/m1/s1.